The van der Waals surface area contributed by atoms with Crippen molar-refractivity contribution in [1.29, 1.82) is 0 Å². The summed E-state index contributed by atoms with van der Waals surface area (Å²) >= 11 is 1.54. The van der Waals surface area contributed by atoms with Crippen LogP contribution in [0.15, 0.2) is 71.8 Å². The molecule has 2 aromatic carbocycles. The van der Waals surface area contributed by atoms with Crippen molar-refractivity contribution in [1.82, 2.24) is 9.97 Å². The Hall–Kier alpha value is -3.26. The molecular formula is C25H21F3N4S. The van der Waals surface area contributed by atoms with Gasteiger partial charge in [-0.2, -0.15) is 13.2 Å². The quantitative estimate of drug-likeness (QED) is 0.316. The number of halogens is 3. The van der Waals surface area contributed by atoms with Crippen LogP contribution in [0.2, 0.25) is 0 Å². The van der Waals surface area contributed by atoms with Crippen molar-refractivity contribution in [2.45, 2.75) is 37.4 Å². The van der Waals surface area contributed by atoms with Crippen LogP contribution < -0.4 is 9.62 Å². The van der Waals surface area contributed by atoms with Crippen LogP contribution in [0.1, 0.15) is 36.6 Å². The van der Waals surface area contributed by atoms with E-state index in [1.165, 1.54) is 11.6 Å². The molecule has 33 heavy (non-hydrogen) atoms. The fraction of sp³-hybridized carbons (Fsp3) is 0.200. The number of pyridine rings is 2. The predicted molar refractivity (Wildman–Crippen MR) is 127 cm³/mol. The van der Waals surface area contributed by atoms with Crippen LogP contribution >= 0.6 is 11.9 Å². The van der Waals surface area contributed by atoms with E-state index >= 15 is 0 Å². The summed E-state index contributed by atoms with van der Waals surface area (Å²) in [6, 6.07) is 18.5. The van der Waals surface area contributed by atoms with Crippen molar-refractivity contribution in [2.24, 2.45) is 0 Å². The summed E-state index contributed by atoms with van der Waals surface area (Å²) in [5.74, 6) is 0.649. The monoisotopic (exact) mass is 466 g/mol. The first-order valence-electron chi connectivity index (χ1n) is 10.6. The molecule has 0 saturated heterocycles. The SMILES string of the molecule is CC(C)c1ccc(SN2Cc3ccc(C(F)(F)F)nc3Nc3ccc4ncccc4c32)cc1. The third kappa shape index (κ3) is 4.23. The van der Waals surface area contributed by atoms with Crippen molar-refractivity contribution < 1.29 is 13.2 Å². The van der Waals surface area contributed by atoms with Crippen LogP contribution in [0.3, 0.4) is 0 Å². The van der Waals surface area contributed by atoms with E-state index in [2.05, 4.69) is 57.7 Å². The van der Waals surface area contributed by atoms with Gasteiger partial charge in [-0.25, -0.2) is 4.98 Å². The van der Waals surface area contributed by atoms with E-state index in [0.29, 0.717) is 23.7 Å². The Kier molecular flexibility index (Phi) is 5.40. The van der Waals surface area contributed by atoms with Gasteiger partial charge in [-0.1, -0.05) is 32.0 Å². The van der Waals surface area contributed by atoms with Crippen LogP contribution in [0, 0.1) is 0 Å². The maximum absolute atomic E-state index is 13.3. The van der Waals surface area contributed by atoms with Crippen molar-refractivity contribution in [3.63, 3.8) is 0 Å². The van der Waals surface area contributed by atoms with Gasteiger partial charge in [0.1, 0.15) is 11.5 Å². The van der Waals surface area contributed by atoms with E-state index in [1.54, 1.807) is 18.1 Å². The van der Waals surface area contributed by atoms with Crippen molar-refractivity contribution >= 4 is 40.0 Å². The highest BCUT2D eigenvalue weighted by atomic mass is 32.2. The highest BCUT2D eigenvalue weighted by Crippen LogP contribution is 2.45. The van der Waals surface area contributed by atoms with Crippen LogP contribution in [-0.2, 0) is 12.7 Å². The average molecular weight is 467 g/mol. The van der Waals surface area contributed by atoms with E-state index in [9.17, 15) is 13.2 Å². The summed E-state index contributed by atoms with van der Waals surface area (Å²) in [6.07, 6.45) is -2.78. The first kappa shape index (κ1) is 21.6. The third-order valence-electron chi connectivity index (χ3n) is 5.60. The number of hydrogen-bond acceptors (Lipinski definition) is 5. The number of hydrogen-bond donors (Lipinski definition) is 1. The zero-order valence-electron chi connectivity index (χ0n) is 18.0. The van der Waals surface area contributed by atoms with Gasteiger partial charge in [0.05, 0.1) is 23.4 Å². The zero-order chi connectivity index (χ0) is 23.2. The number of fused-ring (bicyclic) bond motifs is 4. The molecule has 1 aliphatic heterocycles. The van der Waals surface area contributed by atoms with E-state index < -0.39 is 11.9 Å². The van der Waals surface area contributed by atoms with Gasteiger partial charge in [0.15, 0.2) is 0 Å². The smallest absolute Gasteiger partial charge is 0.338 e. The lowest BCUT2D eigenvalue weighted by molar-refractivity contribution is -0.141. The van der Waals surface area contributed by atoms with Gasteiger partial charge in [-0.05, 0) is 65.9 Å². The molecule has 0 aliphatic carbocycles. The summed E-state index contributed by atoms with van der Waals surface area (Å²) in [5.41, 5.74) is 3.39. The zero-order valence-corrected chi connectivity index (χ0v) is 18.8. The Morgan fingerprint density at radius 3 is 2.52 bits per heavy atom. The third-order valence-corrected chi connectivity index (χ3v) is 6.62. The van der Waals surface area contributed by atoms with Crippen LogP contribution in [0.25, 0.3) is 10.9 Å². The summed E-state index contributed by atoms with van der Waals surface area (Å²) < 4.78 is 42.0. The largest absolute Gasteiger partial charge is 0.433 e. The molecule has 4 nitrogen and oxygen atoms in total. The molecule has 8 heteroatoms. The minimum atomic E-state index is -4.51. The number of nitrogens with zero attached hydrogens (tertiary/aromatic N) is 3. The molecule has 5 rings (SSSR count). The number of alkyl halides is 3. The van der Waals surface area contributed by atoms with Gasteiger partial charge in [0, 0.05) is 22.0 Å². The molecule has 0 unspecified atom stereocenters. The van der Waals surface area contributed by atoms with Crippen molar-refractivity contribution in [2.75, 3.05) is 9.62 Å². The van der Waals surface area contributed by atoms with Crippen LogP contribution in [-0.4, -0.2) is 9.97 Å². The first-order chi connectivity index (χ1) is 15.8. The normalized spacial score (nSPS) is 13.5. The van der Waals surface area contributed by atoms with Crippen molar-refractivity contribution in [3.8, 4) is 0 Å². The highest BCUT2D eigenvalue weighted by molar-refractivity contribution is 8.00. The molecular weight excluding hydrogens is 445 g/mol. The van der Waals surface area contributed by atoms with Crippen LogP contribution in [0.4, 0.5) is 30.4 Å². The van der Waals surface area contributed by atoms with E-state index in [-0.39, 0.29) is 5.82 Å². The fourth-order valence-electron chi connectivity index (χ4n) is 3.87. The molecule has 3 heterocycles. The van der Waals surface area contributed by atoms with Gasteiger partial charge in [0.25, 0.3) is 0 Å². The molecule has 0 radical (unpaired) electrons. The Balaban J connectivity index is 1.62. The minimum absolute atomic E-state index is 0.215. The van der Waals surface area contributed by atoms with E-state index in [4.69, 9.17) is 0 Å². The molecule has 0 bridgehead atoms. The predicted octanol–water partition coefficient (Wildman–Crippen LogP) is 7.54. The lowest BCUT2D eigenvalue weighted by Crippen LogP contribution is -2.14. The summed E-state index contributed by atoms with van der Waals surface area (Å²) in [5, 5.41) is 4.07. The molecule has 2 aromatic heterocycles. The highest BCUT2D eigenvalue weighted by Gasteiger charge is 2.34. The van der Waals surface area contributed by atoms with Gasteiger partial charge >= 0.3 is 6.18 Å². The molecule has 0 atom stereocenters. The van der Waals surface area contributed by atoms with Gasteiger partial charge < -0.3 is 9.62 Å². The molecule has 1 aliphatic rings. The number of aromatic nitrogens is 2. The number of benzene rings is 2. The van der Waals surface area contributed by atoms with Gasteiger partial charge in [-0.3, -0.25) is 4.98 Å². The Labute approximate surface area is 194 Å². The summed E-state index contributed by atoms with van der Waals surface area (Å²) in [6.45, 7) is 4.68. The second-order valence-corrected chi connectivity index (χ2v) is 9.31. The second kappa shape index (κ2) is 8.26. The number of anilines is 3. The standard InChI is InChI=1S/C25H21F3N4S/c1-15(2)16-5-8-18(9-6-16)33-32-14-17-7-12-22(25(26,27)28)31-24(17)30-21-11-10-20-19(23(21)32)4-3-13-29-20/h3-13,15H,14H2,1-2H3,(H,30,31). The number of rotatable bonds is 3. The van der Waals surface area contributed by atoms with Crippen molar-refractivity contribution in [3.05, 3.63) is 83.7 Å². The lowest BCUT2D eigenvalue weighted by Gasteiger charge is -2.25. The fourth-order valence-corrected chi connectivity index (χ4v) is 4.87. The Morgan fingerprint density at radius 1 is 1.00 bits per heavy atom. The molecule has 1 N–H and O–H groups in total. The average Bonchev–Trinajstić information content (AvgIpc) is 2.94. The van der Waals surface area contributed by atoms with Crippen LogP contribution in [0.5, 0.6) is 0 Å². The molecule has 0 amide bonds. The molecule has 0 spiro atoms. The minimum Gasteiger partial charge on any atom is -0.338 e. The Bertz CT molecular complexity index is 1320. The first-order valence-corrected chi connectivity index (χ1v) is 11.3. The molecule has 0 fully saturated rings. The maximum Gasteiger partial charge on any atom is 0.433 e. The van der Waals surface area contributed by atoms with Gasteiger partial charge in [0.2, 0.25) is 0 Å². The summed E-state index contributed by atoms with van der Waals surface area (Å²) in [4.78, 5) is 9.40. The molecule has 4 aromatic rings. The van der Waals surface area contributed by atoms with Gasteiger partial charge in [-0.15, -0.1) is 0 Å². The lowest BCUT2D eigenvalue weighted by atomic mass is 10.0. The Morgan fingerprint density at radius 2 is 1.79 bits per heavy atom. The topological polar surface area (TPSA) is 41.1 Å². The number of nitrogens with one attached hydrogen (secondary N) is 1. The van der Waals surface area contributed by atoms with E-state index in [1.807, 2.05) is 24.3 Å². The molecule has 168 valence electrons. The molecule has 0 saturated carbocycles. The maximum atomic E-state index is 13.3. The second-order valence-electron chi connectivity index (χ2n) is 8.21. The summed E-state index contributed by atoms with van der Waals surface area (Å²) in [7, 11) is 0. The van der Waals surface area contributed by atoms with E-state index in [0.717, 1.165) is 27.6 Å².